The Hall–Kier alpha value is -2.45. The van der Waals surface area contributed by atoms with Gasteiger partial charge in [0.25, 0.3) is 0 Å². The maximum absolute atomic E-state index is 12.5. The van der Waals surface area contributed by atoms with Crippen molar-refractivity contribution in [1.82, 2.24) is 15.0 Å². The first kappa shape index (κ1) is 18.3. The summed E-state index contributed by atoms with van der Waals surface area (Å²) in [7, 11) is 3.11. The van der Waals surface area contributed by atoms with Crippen LogP contribution < -0.4 is 14.8 Å². The lowest BCUT2D eigenvalue weighted by atomic mass is 10.2. The first-order valence-electron chi connectivity index (χ1n) is 7.71. The van der Waals surface area contributed by atoms with E-state index in [4.69, 9.17) is 21.1 Å². The van der Waals surface area contributed by atoms with Gasteiger partial charge in [0, 0.05) is 17.8 Å². The molecule has 3 aromatic rings. The number of carbonyl (C=O) groups excluding carboxylic acids is 1. The largest absolute Gasteiger partial charge is 0.493 e. The van der Waals surface area contributed by atoms with E-state index >= 15 is 0 Å². The normalized spacial score (nSPS) is 12.0. The molecule has 7 nitrogen and oxygen atoms in total. The van der Waals surface area contributed by atoms with Gasteiger partial charge in [-0.15, -0.1) is 0 Å². The molecule has 1 amide bonds. The standard InChI is InChI=1S/C17H17ClN4O3S/c1-9(26-17-21-11-7-15(18)19-8-12(11)22-17)16(23)20-10-4-5-13(24-2)14(6-10)25-3/h4-9H,1-3H3,(H,20,23)(H,21,22). The van der Waals surface area contributed by atoms with Crippen LogP contribution in [0.25, 0.3) is 11.0 Å². The molecule has 3 rings (SSSR count). The summed E-state index contributed by atoms with van der Waals surface area (Å²) in [6.07, 6.45) is 1.61. The number of amides is 1. The van der Waals surface area contributed by atoms with E-state index in [1.165, 1.54) is 11.8 Å². The van der Waals surface area contributed by atoms with Crippen LogP contribution in [0, 0.1) is 0 Å². The summed E-state index contributed by atoms with van der Waals surface area (Å²) in [6, 6.07) is 6.88. The number of nitrogens with one attached hydrogen (secondary N) is 2. The molecule has 0 bridgehead atoms. The van der Waals surface area contributed by atoms with Crippen molar-refractivity contribution in [3.63, 3.8) is 0 Å². The molecule has 2 aromatic heterocycles. The van der Waals surface area contributed by atoms with E-state index in [-0.39, 0.29) is 11.2 Å². The fourth-order valence-electron chi connectivity index (χ4n) is 2.30. The second-order valence-corrected chi connectivity index (χ2v) is 7.10. The Morgan fingerprint density at radius 1 is 1.27 bits per heavy atom. The molecular weight excluding hydrogens is 376 g/mol. The number of benzene rings is 1. The Morgan fingerprint density at radius 2 is 2.04 bits per heavy atom. The van der Waals surface area contributed by atoms with Crippen LogP contribution in [0.4, 0.5) is 5.69 Å². The number of aromatic amines is 1. The number of H-pyrrole nitrogens is 1. The van der Waals surface area contributed by atoms with Gasteiger partial charge in [-0.2, -0.15) is 0 Å². The van der Waals surface area contributed by atoms with Gasteiger partial charge in [-0.25, -0.2) is 9.97 Å². The molecule has 0 saturated carbocycles. The molecule has 0 aliphatic heterocycles. The van der Waals surface area contributed by atoms with Gasteiger partial charge < -0.3 is 19.8 Å². The number of halogens is 1. The smallest absolute Gasteiger partial charge is 0.237 e. The molecule has 0 radical (unpaired) electrons. The highest BCUT2D eigenvalue weighted by Gasteiger charge is 2.18. The van der Waals surface area contributed by atoms with Gasteiger partial charge in [0.2, 0.25) is 5.91 Å². The van der Waals surface area contributed by atoms with E-state index in [0.29, 0.717) is 33.0 Å². The zero-order valence-corrected chi connectivity index (χ0v) is 15.9. The number of rotatable bonds is 6. The summed E-state index contributed by atoms with van der Waals surface area (Å²) in [4.78, 5) is 24.0. The third kappa shape index (κ3) is 4.03. The molecule has 136 valence electrons. The van der Waals surface area contributed by atoms with Crippen LogP contribution in [-0.4, -0.2) is 40.3 Å². The number of aromatic nitrogens is 3. The van der Waals surface area contributed by atoms with Crippen molar-refractivity contribution in [2.75, 3.05) is 19.5 Å². The topological polar surface area (TPSA) is 89.1 Å². The van der Waals surface area contributed by atoms with Crippen LogP contribution in [0.1, 0.15) is 6.92 Å². The minimum atomic E-state index is -0.368. The van der Waals surface area contributed by atoms with Crippen molar-refractivity contribution in [2.45, 2.75) is 17.3 Å². The summed E-state index contributed by atoms with van der Waals surface area (Å²) in [5.41, 5.74) is 2.10. The van der Waals surface area contributed by atoms with Crippen molar-refractivity contribution in [3.05, 3.63) is 35.6 Å². The SMILES string of the molecule is COc1ccc(NC(=O)C(C)Sc2nc3cc(Cl)ncc3[nH]2)cc1OC. The molecule has 26 heavy (non-hydrogen) atoms. The van der Waals surface area contributed by atoms with Gasteiger partial charge in [0.05, 0.1) is 36.7 Å². The zero-order valence-electron chi connectivity index (χ0n) is 14.4. The molecule has 1 aromatic carbocycles. The van der Waals surface area contributed by atoms with Crippen molar-refractivity contribution < 1.29 is 14.3 Å². The molecule has 9 heteroatoms. The van der Waals surface area contributed by atoms with Gasteiger partial charge >= 0.3 is 0 Å². The number of fused-ring (bicyclic) bond motifs is 1. The predicted molar refractivity (Wildman–Crippen MR) is 102 cm³/mol. The number of nitrogens with zero attached hydrogens (tertiary/aromatic N) is 2. The summed E-state index contributed by atoms with van der Waals surface area (Å²) in [6.45, 7) is 1.80. The second-order valence-electron chi connectivity index (χ2n) is 5.39. The number of methoxy groups -OCH3 is 2. The number of ether oxygens (including phenoxy) is 2. The highest BCUT2D eigenvalue weighted by Crippen LogP contribution is 2.30. The van der Waals surface area contributed by atoms with E-state index in [9.17, 15) is 4.79 Å². The highest BCUT2D eigenvalue weighted by atomic mass is 35.5. The second kappa shape index (κ2) is 7.84. The molecule has 1 unspecified atom stereocenters. The summed E-state index contributed by atoms with van der Waals surface area (Å²) >= 11 is 7.18. The molecule has 2 N–H and O–H groups in total. The fraction of sp³-hybridized carbons (Fsp3) is 0.235. The highest BCUT2D eigenvalue weighted by molar-refractivity contribution is 8.00. The Kier molecular flexibility index (Phi) is 5.53. The number of pyridine rings is 1. The van der Waals surface area contributed by atoms with Crippen molar-refractivity contribution in [3.8, 4) is 11.5 Å². The summed E-state index contributed by atoms with van der Waals surface area (Å²) in [5, 5.41) is 3.49. The molecule has 0 aliphatic carbocycles. The van der Waals surface area contributed by atoms with Crippen LogP contribution in [0.2, 0.25) is 5.15 Å². The molecular formula is C17H17ClN4O3S. The van der Waals surface area contributed by atoms with Gasteiger partial charge in [-0.05, 0) is 19.1 Å². The number of anilines is 1. The van der Waals surface area contributed by atoms with Gasteiger partial charge in [0.1, 0.15) is 5.15 Å². The molecule has 0 fully saturated rings. The molecule has 2 heterocycles. The average molecular weight is 393 g/mol. The zero-order chi connectivity index (χ0) is 18.7. The van der Waals surface area contributed by atoms with Crippen molar-refractivity contribution in [2.24, 2.45) is 0 Å². The van der Waals surface area contributed by atoms with Gasteiger partial charge in [-0.1, -0.05) is 23.4 Å². The van der Waals surface area contributed by atoms with Crippen LogP contribution >= 0.6 is 23.4 Å². The van der Waals surface area contributed by atoms with Gasteiger partial charge in [0.15, 0.2) is 16.7 Å². The van der Waals surface area contributed by atoms with Crippen LogP contribution in [-0.2, 0) is 4.79 Å². The minimum Gasteiger partial charge on any atom is -0.493 e. The molecule has 0 spiro atoms. The first-order valence-corrected chi connectivity index (χ1v) is 8.96. The maximum atomic E-state index is 12.5. The van der Waals surface area contributed by atoms with Crippen LogP contribution in [0.3, 0.4) is 0 Å². The third-order valence-electron chi connectivity index (χ3n) is 3.62. The van der Waals surface area contributed by atoms with E-state index < -0.39 is 0 Å². The maximum Gasteiger partial charge on any atom is 0.237 e. The van der Waals surface area contributed by atoms with Crippen molar-refractivity contribution in [1.29, 1.82) is 0 Å². The Bertz CT molecular complexity index is 947. The van der Waals surface area contributed by atoms with Crippen LogP contribution in [0.5, 0.6) is 11.5 Å². The monoisotopic (exact) mass is 392 g/mol. The van der Waals surface area contributed by atoms with E-state index in [1.807, 2.05) is 0 Å². The van der Waals surface area contributed by atoms with Crippen molar-refractivity contribution >= 4 is 46.0 Å². The summed E-state index contributed by atoms with van der Waals surface area (Å²) in [5.74, 6) is 0.994. The van der Waals surface area contributed by atoms with Crippen LogP contribution in [0.15, 0.2) is 35.6 Å². The lowest BCUT2D eigenvalue weighted by Crippen LogP contribution is -2.22. The van der Waals surface area contributed by atoms with Gasteiger partial charge in [-0.3, -0.25) is 4.79 Å². The minimum absolute atomic E-state index is 0.154. The fourth-order valence-corrected chi connectivity index (χ4v) is 3.27. The number of hydrogen-bond donors (Lipinski definition) is 2. The Morgan fingerprint density at radius 3 is 2.77 bits per heavy atom. The van der Waals surface area contributed by atoms with E-state index in [2.05, 4.69) is 20.3 Å². The lowest BCUT2D eigenvalue weighted by Gasteiger charge is -2.13. The number of carbonyl (C=O) groups is 1. The molecule has 0 aliphatic rings. The number of thioether (sulfide) groups is 1. The predicted octanol–water partition coefficient (Wildman–Crippen LogP) is 3.75. The third-order valence-corrected chi connectivity index (χ3v) is 4.81. The average Bonchev–Trinajstić information content (AvgIpc) is 3.02. The lowest BCUT2D eigenvalue weighted by molar-refractivity contribution is -0.115. The Balaban J connectivity index is 1.69. The number of imidazole rings is 1. The van der Waals surface area contributed by atoms with E-state index in [0.717, 1.165) is 5.52 Å². The first-order chi connectivity index (χ1) is 12.5. The Labute approximate surface area is 159 Å². The van der Waals surface area contributed by atoms with E-state index in [1.54, 1.807) is 51.6 Å². The molecule has 0 saturated heterocycles. The number of hydrogen-bond acceptors (Lipinski definition) is 6. The summed E-state index contributed by atoms with van der Waals surface area (Å²) < 4.78 is 10.4. The molecule has 1 atom stereocenters. The quantitative estimate of drug-likeness (QED) is 0.490.